The number of aromatic nitrogens is 2. The fourth-order valence-corrected chi connectivity index (χ4v) is 2.27. The van der Waals surface area contributed by atoms with Crippen LogP contribution in [0.15, 0.2) is 78.0 Å². The van der Waals surface area contributed by atoms with Crippen LogP contribution in [-0.4, -0.2) is 22.9 Å². The first-order valence-electron chi connectivity index (χ1n) is 7.80. The van der Waals surface area contributed by atoms with Crippen molar-refractivity contribution in [3.63, 3.8) is 0 Å². The molecule has 3 rings (SSSR count). The van der Waals surface area contributed by atoms with Crippen LogP contribution in [0, 0.1) is 0 Å². The molecule has 0 aliphatic carbocycles. The number of para-hydroxylation sites is 1. The number of carbonyl (C=O) groups excluding carboxylic acids is 1. The maximum atomic E-state index is 12.0. The Morgan fingerprint density at radius 1 is 1.16 bits per heavy atom. The first-order chi connectivity index (χ1) is 12.2. The third-order valence-electron chi connectivity index (χ3n) is 3.53. The van der Waals surface area contributed by atoms with Crippen LogP contribution in [0.2, 0.25) is 0 Å². The van der Waals surface area contributed by atoms with Crippen LogP contribution in [-0.2, 0) is 6.54 Å². The molecule has 2 amide bonds. The van der Waals surface area contributed by atoms with Gasteiger partial charge in [-0.3, -0.25) is 0 Å². The van der Waals surface area contributed by atoms with Crippen LogP contribution >= 0.6 is 0 Å². The summed E-state index contributed by atoms with van der Waals surface area (Å²) in [5, 5.41) is 7.51. The van der Waals surface area contributed by atoms with Gasteiger partial charge in [-0.25, -0.2) is 9.48 Å². The van der Waals surface area contributed by atoms with Gasteiger partial charge in [0.1, 0.15) is 5.75 Å². The highest BCUT2D eigenvalue weighted by molar-refractivity contribution is 5.74. The number of hydrogen-bond donors (Lipinski definition) is 1. The Balaban J connectivity index is 1.65. The Morgan fingerprint density at radius 3 is 2.72 bits per heavy atom. The van der Waals surface area contributed by atoms with E-state index >= 15 is 0 Å². The molecule has 126 valence electrons. The highest BCUT2D eigenvalue weighted by Crippen LogP contribution is 2.12. The summed E-state index contributed by atoms with van der Waals surface area (Å²) in [6.45, 7) is 0.379. The molecule has 2 aromatic carbocycles. The van der Waals surface area contributed by atoms with Crippen LogP contribution in [0.25, 0.3) is 5.69 Å². The van der Waals surface area contributed by atoms with Crippen molar-refractivity contribution >= 4 is 6.03 Å². The van der Waals surface area contributed by atoms with Gasteiger partial charge in [-0.15, -0.1) is 0 Å². The topological polar surface area (TPSA) is 68.5 Å². The summed E-state index contributed by atoms with van der Waals surface area (Å²) in [6.07, 6.45) is 3.32. The molecule has 1 aromatic heterocycles. The van der Waals surface area contributed by atoms with Gasteiger partial charge in [0.15, 0.2) is 0 Å². The summed E-state index contributed by atoms with van der Waals surface area (Å²) in [5.41, 5.74) is 1.88. The Kier molecular flexibility index (Phi) is 5.21. The molecule has 0 fully saturated rings. The molecule has 0 atom stereocenters. The SMILES string of the molecule is COc1cccc(CNC(=O)/N=c2\ccn(-c3ccccc3)nc2)c1. The van der Waals surface area contributed by atoms with Gasteiger partial charge in [0.25, 0.3) is 0 Å². The molecular weight excluding hydrogens is 316 g/mol. The highest BCUT2D eigenvalue weighted by atomic mass is 16.5. The number of benzene rings is 2. The van der Waals surface area contributed by atoms with Crippen molar-refractivity contribution in [3.8, 4) is 11.4 Å². The quantitative estimate of drug-likeness (QED) is 0.797. The van der Waals surface area contributed by atoms with Crippen molar-refractivity contribution in [2.24, 2.45) is 4.99 Å². The van der Waals surface area contributed by atoms with Crippen LogP contribution in [0.5, 0.6) is 5.75 Å². The van der Waals surface area contributed by atoms with Gasteiger partial charge in [0.05, 0.1) is 24.4 Å². The lowest BCUT2D eigenvalue weighted by atomic mass is 10.2. The average Bonchev–Trinajstić information content (AvgIpc) is 2.68. The first kappa shape index (κ1) is 16.4. The first-order valence-corrected chi connectivity index (χ1v) is 7.80. The minimum atomic E-state index is -0.415. The smallest absolute Gasteiger partial charge is 0.341 e. The van der Waals surface area contributed by atoms with E-state index < -0.39 is 6.03 Å². The molecule has 0 aliphatic heterocycles. The third kappa shape index (κ3) is 4.54. The molecule has 6 heteroatoms. The molecule has 0 saturated carbocycles. The maximum absolute atomic E-state index is 12.0. The Morgan fingerprint density at radius 2 is 2.00 bits per heavy atom. The summed E-state index contributed by atoms with van der Waals surface area (Å²) in [7, 11) is 1.61. The fraction of sp³-hybridized carbons (Fsp3) is 0.105. The van der Waals surface area contributed by atoms with E-state index in [-0.39, 0.29) is 0 Å². The monoisotopic (exact) mass is 334 g/mol. The number of nitrogens with one attached hydrogen (secondary N) is 1. The van der Waals surface area contributed by atoms with Crippen LogP contribution in [0.3, 0.4) is 0 Å². The molecule has 0 saturated heterocycles. The number of rotatable bonds is 4. The molecule has 0 radical (unpaired) electrons. The summed E-state index contributed by atoms with van der Waals surface area (Å²) in [4.78, 5) is 15.9. The van der Waals surface area contributed by atoms with E-state index in [2.05, 4.69) is 15.4 Å². The number of nitrogens with zero attached hydrogens (tertiary/aromatic N) is 3. The fourth-order valence-electron chi connectivity index (χ4n) is 2.27. The number of amides is 2. The molecule has 0 spiro atoms. The highest BCUT2D eigenvalue weighted by Gasteiger charge is 2.00. The summed E-state index contributed by atoms with van der Waals surface area (Å²) in [6, 6.07) is 18.6. The minimum absolute atomic E-state index is 0.379. The van der Waals surface area contributed by atoms with E-state index in [1.807, 2.05) is 54.6 Å². The van der Waals surface area contributed by atoms with Crippen LogP contribution < -0.4 is 15.4 Å². The maximum Gasteiger partial charge on any atom is 0.341 e. The van der Waals surface area contributed by atoms with Gasteiger partial charge in [-0.1, -0.05) is 30.3 Å². The molecule has 1 N–H and O–H groups in total. The van der Waals surface area contributed by atoms with Gasteiger partial charge in [0.2, 0.25) is 0 Å². The normalized spacial score (nSPS) is 11.2. The third-order valence-corrected chi connectivity index (χ3v) is 3.53. The lowest BCUT2D eigenvalue weighted by Gasteiger charge is -2.05. The number of urea groups is 1. The van der Waals surface area contributed by atoms with Gasteiger partial charge in [-0.05, 0) is 35.9 Å². The minimum Gasteiger partial charge on any atom is -0.497 e. The van der Waals surface area contributed by atoms with Crippen LogP contribution in [0.1, 0.15) is 5.56 Å². The summed E-state index contributed by atoms with van der Waals surface area (Å²) >= 11 is 0. The molecule has 25 heavy (non-hydrogen) atoms. The van der Waals surface area contributed by atoms with Crippen molar-refractivity contribution in [2.75, 3.05) is 7.11 Å². The molecule has 0 unspecified atom stereocenters. The van der Waals surface area contributed by atoms with E-state index in [9.17, 15) is 4.79 Å². The van der Waals surface area contributed by atoms with E-state index in [0.29, 0.717) is 11.9 Å². The Bertz CT molecular complexity index is 899. The summed E-state index contributed by atoms with van der Waals surface area (Å²) < 4.78 is 6.87. The second-order valence-electron chi connectivity index (χ2n) is 5.29. The van der Waals surface area contributed by atoms with Crippen molar-refractivity contribution < 1.29 is 9.53 Å². The van der Waals surface area contributed by atoms with Crippen molar-refractivity contribution in [2.45, 2.75) is 6.54 Å². The van der Waals surface area contributed by atoms with E-state index in [1.54, 1.807) is 30.3 Å². The summed E-state index contributed by atoms with van der Waals surface area (Å²) in [5.74, 6) is 0.751. The molecule has 1 heterocycles. The lowest BCUT2D eigenvalue weighted by Crippen LogP contribution is -2.22. The number of hydrogen-bond acceptors (Lipinski definition) is 3. The molecule has 0 bridgehead atoms. The van der Waals surface area contributed by atoms with E-state index in [1.165, 1.54) is 0 Å². The molecule has 0 aliphatic rings. The number of carbonyl (C=O) groups is 1. The van der Waals surface area contributed by atoms with E-state index in [0.717, 1.165) is 17.0 Å². The van der Waals surface area contributed by atoms with Crippen molar-refractivity contribution in [3.05, 3.63) is 84.0 Å². The zero-order valence-electron chi connectivity index (χ0n) is 13.8. The second kappa shape index (κ2) is 7.92. The van der Waals surface area contributed by atoms with Gasteiger partial charge < -0.3 is 10.1 Å². The molecular formula is C19H18N4O2. The van der Waals surface area contributed by atoms with Gasteiger partial charge in [-0.2, -0.15) is 10.1 Å². The van der Waals surface area contributed by atoms with Crippen LogP contribution in [0.4, 0.5) is 4.79 Å². The standard InChI is InChI=1S/C19H18N4O2/c1-25-18-9-5-6-15(12-18)13-20-19(24)22-16-10-11-23(21-14-16)17-7-3-2-4-8-17/h2-12,14H,13H2,1H3,(H,20,24)/b22-16+. The lowest BCUT2D eigenvalue weighted by molar-refractivity contribution is 0.248. The zero-order valence-corrected chi connectivity index (χ0v) is 13.8. The van der Waals surface area contributed by atoms with Gasteiger partial charge >= 0.3 is 6.03 Å². The second-order valence-corrected chi connectivity index (χ2v) is 5.29. The predicted octanol–water partition coefficient (Wildman–Crippen LogP) is 2.69. The molecule has 3 aromatic rings. The predicted molar refractivity (Wildman–Crippen MR) is 94.4 cm³/mol. The molecule has 6 nitrogen and oxygen atoms in total. The largest absolute Gasteiger partial charge is 0.497 e. The van der Waals surface area contributed by atoms with E-state index in [4.69, 9.17) is 4.74 Å². The Hall–Kier alpha value is -3.41. The zero-order chi connectivity index (χ0) is 17.5. The van der Waals surface area contributed by atoms with Gasteiger partial charge in [0, 0.05) is 12.7 Å². The Labute approximate surface area is 145 Å². The average molecular weight is 334 g/mol. The number of ether oxygens (including phenoxy) is 1. The van der Waals surface area contributed by atoms with Crippen molar-refractivity contribution in [1.82, 2.24) is 15.1 Å². The number of methoxy groups -OCH3 is 1. The van der Waals surface area contributed by atoms with Crippen molar-refractivity contribution in [1.29, 1.82) is 0 Å².